The van der Waals surface area contributed by atoms with Crippen LogP contribution in [0.25, 0.3) is 0 Å². The second-order valence-corrected chi connectivity index (χ2v) is 3.62. The number of carboxylic acid groups (broad SMARTS) is 1. The van der Waals surface area contributed by atoms with Crippen molar-refractivity contribution in [3.63, 3.8) is 0 Å². The zero-order chi connectivity index (χ0) is 13.1. The highest BCUT2D eigenvalue weighted by atomic mass is 19.1. The summed E-state index contributed by atoms with van der Waals surface area (Å²) in [6.07, 6.45) is 0. The molecule has 0 saturated heterocycles. The fourth-order valence-corrected chi connectivity index (χ4v) is 1.52. The number of carbonyl (C=O) groups is 1. The zero-order valence-corrected chi connectivity index (χ0v) is 9.99. The maximum atomic E-state index is 13.5. The minimum atomic E-state index is -1.55. The summed E-state index contributed by atoms with van der Waals surface area (Å²) in [7, 11) is 1.34. The summed E-state index contributed by atoms with van der Waals surface area (Å²) in [5.41, 5.74) is -1.31. The first-order valence-electron chi connectivity index (χ1n) is 5.17. The van der Waals surface area contributed by atoms with Gasteiger partial charge >= 0.3 is 5.97 Å². The Kier molecular flexibility index (Phi) is 4.07. The first kappa shape index (κ1) is 13.4. The van der Waals surface area contributed by atoms with Gasteiger partial charge < -0.3 is 14.6 Å². The van der Waals surface area contributed by atoms with E-state index < -0.39 is 17.4 Å². The van der Waals surface area contributed by atoms with Gasteiger partial charge in [0, 0.05) is 6.61 Å². The molecule has 1 N–H and O–H groups in total. The SMILES string of the molecule is CCOC(C)(C(=O)O)c1ccc(OC)c(F)c1. The molecule has 5 heteroatoms. The summed E-state index contributed by atoms with van der Waals surface area (Å²) < 4.78 is 23.5. The van der Waals surface area contributed by atoms with Gasteiger partial charge in [0.1, 0.15) is 0 Å². The average Bonchev–Trinajstić information content (AvgIpc) is 2.28. The van der Waals surface area contributed by atoms with E-state index in [1.54, 1.807) is 6.92 Å². The Bertz CT molecular complexity index is 419. The predicted octanol–water partition coefficient (Wildman–Crippen LogP) is 2.17. The smallest absolute Gasteiger partial charge is 0.340 e. The van der Waals surface area contributed by atoms with Crippen LogP contribution in [0.15, 0.2) is 18.2 Å². The van der Waals surface area contributed by atoms with E-state index in [0.717, 1.165) is 6.07 Å². The lowest BCUT2D eigenvalue weighted by atomic mass is 9.95. The Hall–Kier alpha value is -1.62. The van der Waals surface area contributed by atoms with Crippen LogP contribution in [0.4, 0.5) is 4.39 Å². The summed E-state index contributed by atoms with van der Waals surface area (Å²) >= 11 is 0. The lowest BCUT2D eigenvalue weighted by molar-refractivity contribution is -0.164. The molecule has 1 aromatic carbocycles. The summed E-state index contributed by atoms with van der Waals surface area (Å²) in [4.78, 5) is 11.2. The average molecular weight is 242 g/mol. The van der Waals surface area contributed by atoms with Crippen molar-refractivity contribution in [3.05, 3.63) is 29.6 Å². The van der Waals surface area contributed by atoms with Crippen LogP contribution in [0.1, 0.15) is 19.4 Å². The quantitative estimate of drug-likeness (QED) is 0.859. The molecule has 0 fully saturated rings. The molecule has 94 valence electrons. The molecular weight excluding hydrogens is 227 g/mol. The Morgan fingerprint density at radius 3 is 2.59 bits per heavy atom. The highest BCUT2D eigenvalue weighted by Crippen LogP contribution is 2.29. The van der Waals surface area contributed by atoms with Crippen molar-refractivity contribution < 1.29 is 23.8 Å². The molecule has 0 bridgehead atoms. The largest absolute Gasteiger partial charge is 0.494 e. The van der Waals surface area contributed by atoms with Gasteiger partial charge in [0.15, 0.2) is 17.2 Å². The molecule has 0 aromatic heterocycles. The van der Waals surface area contributed by atoms with Crippen LogP contribution >= 0.6 is 0 Å². The molecule has 0 amide bonds. The van der Waals surface area contributed by atoms with Gasteiger partial charge in [0.25, 0.3) is 0 Å². The minimum absolute atomic E-state index is 0.0676. The monoisotopic (exact) mass is 242 g/mol. The number of aliphatic carboxylic acids is 1. The number of carboxylic acids is 1. The minimum Gasteiger partial charge on any atom is -0.494 e. The number of hydrogen-bond acceptors (Lipinski definition) is 3. The molecular formula is C12H15FO4. The van der Waals surface area contributed by atoms with Crippen LogP contribution in [0.5, 0.6) is 5.75 Å². The van der Waals surface area contributed by atoms with Crippen LogP contribution in [0, 0.1) is 5.82 Å². The number of hydrogen-bond donors (Lipinski definition) is 1. The molecule has 1 unspecified atom stereocenters. The first-order chi connectivity index (χ1) is 7.95. The lowest BCUT2D eigenvalue weighted by Gasteiger charge is -2.25. The van der Waals surface area contributed by atoms with E-state index in [0.29, 0.717) is 0 Å². The molecule has 0 radical (unpaired) electrons. The van der Waals surface area contributed by atoms with Gasteiger partial charge in [-0.1, -0.05) is 6.07 Å². The molecule has 4 nitrogen and oxygen atoms in total. The molecule has 0 aliphatic heterocycles. The third-order valence-corrected chi connectivity index (χ3v) is 2.54. The van der Waals surface area contributed by atoms with E-state index in [1.807, 2.05) is 0 Å². The van der Waals surface area contributed by atoms with E-state index in [-0.39, 0.29) is 17.9 Å². The van der Waals surface area contributed by atoms with Crippen LogP contribution in [0.2, 0.25) is 0 Å². The van der Waals surface area contributed by atoms with Crippen LogP contribution in [-0.4, -0.2) is 24.8 Å². The molecule has 0 heterocycles. The van der Waals surface area contributed by atoms with Crippen molar-refractivity contribution in [2.24, 2.45) is 0 Å². The molecule has 0 aliphatic carbocycles. The third kappa shape index (κ3) is 2.55. The van der Waals surface area contributed by atoms with Gasteiger partial charge in [-0.05, 0) is 31.5 Å². The molecule has 1 atom stereocenters. The van der Waals surface area contributed by atoms with Gasteiger partial charge in [0.2, 0.25) is 0 Å². The second-order valence-electron chi connectivity index (χ2n) is 3.62. The Morgan fingerprint density at radius 2 is 2.18 bits per heavy atom. The van der Waals surface area contributed by atoms with E-state index in [4.69, 9.17) is 14.6 Å². The van der Waals surface area contributed by atoms with Gasteiger partial charge in [-0.2, -0.15) is 0 Å². The Balaban J connectivity index is 3.20. The van der Waals surface area contributed by atoms with Crippen molar-refractivity contribution in [2.45, 2.75) is 19.4 Å². The Morgan fingerprint density at radius 1 is 1.53 bits per heavy atom. The standard InChI is InChI=1S/C12H15FO4/c1-4-17-12(2,11(14)15)8-5-6-10(16-3)9(13)7-8/h5-7H,4H2,1-3H3,(H,14,15). The van der Waals surface area contributed by atoms with E-state index in [1.165, 1.54) is 26.2 Å². The summed E-state index contributed by atoms with van der Waals surface area (Å²) in [6, 6.07) is 3.97. The number of ether oxygens (including phenoxy) is 2. The van der Waals surface area contributed by atoms with Gasteiger partial charge in [-0.15, -0.1) is 0 Å². The molecule has 17 heavy (non-hydrogen) atoms. The van der Waals surface area contributed by atoms with Crippen molar-refractivity contribution in [2.75, 3.05) is 13.7 Å². The van der Waals surface area contributed by atoms with Crippen molar-refractivity contribution in [3.8, 4) is 5.75 Å². The predicted molar refractivity (Wildman–Crippen MR) is 59.6 cm³/mol. The molecule has 0 saturated carbocycles. The van der Waals surface area contributed by atoms with E-state index in [9.17, 15) is 9.18 Å². The molecule has 1 aromatic rings. The van der Waals surface area contributed by atoms with E-state index in [2.05, 4.69) is 0 Å². The van der Waals surface area contributed by atoms with Crippen LogP contribution < -0.4 is 4.74 Å². The van der Waals surface area contributed by atoms with Crippen molar-refractivity contribution >= 4 is 5.97 Å². The third-order valence-electron chi connectivity index (χ3n) is 2.54. The van der Waals surface area contributed by atoms with Gasteiger partial charge in [-0.25, -0.2) is 9.18 Å². The second kappa shape index (κ2) is 5.14. The normalized spacial score (nSPS) is 14.1. The summed E-state index contributed by atoms with van der Waals surface area (Å²) in [5.74, 6) is -1.71. The van der Waals surface area contributed by atoms with Crippen LogP contribution in [0.3, 0.4) is 0 Å². The summed E-state index contributed by atoms with van der Waals surface area (Å²) in [5, 5.41) is 9.16. The first-order valence-corrected chi connectivity index (χ1v) is 5.17. The fourth-order valence-electron chi connectivity index (χ4n) is 1.52. The number of methoxy groups -OCH3 is 1. The van der Waals surface area contributed by atoms with Crippen molar-refractivity contribution in [1.82, 2.24) is 0 Å². The zero-order valence-electron chi connectivity index (χ0n) is 9.99. The van der Waals surface area contributed by atoms with Crippen LogP contribution in [-0.2, 0) is 15.1 Å². The maximum absolute atomic E-state index is 13.5. The van der Waals surface area contributed by atoms with E-state index >= 15 is 0 Å². The fraction of sp³-hybridized carbons (Fsp3) is 0.417. The lowest BCUT2D eigenvalue weighted by Crippen LogP contribution is -2.35. The number of rotatable bonds is 5. The number of halogens is 1. The summed E-state index contributed by atoms with van der Waals surface area (Å²) in [6.45, 7) is 3.29. The van der Waals surface area contributed by atoms with Gasteiger partial charge in [0.05, 0.1) is 7.11 Å². The topological polar surface area (TPSA) is 55.8 Å². The maximum Gasteiger partial charge on any atom is 0.340 e. The highest BCUT2D eigenvalue weighted by molar-refractivity contribution is 5.79. The highest BCUT2D eigenvalue weighted by Gasteiger charge is 2.36. The molecule has 1 rings (SSSR count). The number of benzene rings is 1. The molecule has 0 spiro atoms. The van der Waals surface area contributed by atoms with Gasteiger partial charge in [-0.3, -0.25) is 0 Å². The van der Waals surface area contributed by atoms with Crippen molar-refractivity contribution in [1.29, 1.82) is 0 Å². The Labute approximate surface area is 99.0 Å². The molecule has 0 aliphatic rings.